The van der Waals surface area contributed by atoms with E-state index in [0.717, 1.165) is 5.75 Å². The predicted molar refractivity (Wildman–Crippen MR) is 61.5 cm³/mol. The van der Waals surface area contributed by atoms with E-state index in [9.17, 15) is 4.79 Å². The topological polar surface area (TPSA) is 73.6 Å². The van der Waals surface area contributed by atoms with Crippen LogP contribution in [0.1, 0.15) is 0 Å². The highest BCUT2D eigenvalue weighted by atomic mass is 16.5. The lowest BCUT2D eigenvalue weighted by Crippen LogP contribution is -2.21. The Morgan fingerprint density at radius 1 is 1.31 bits per heavy atom. The van der Waals surface area contributed by atoms with E-state index in [4.69, 9.17) is 15.2 Å². The molecule has 0 atom stereocenters. The number of nitrogens with two attached hydrogens (primary N) is 1. The van der Waals surface area contributed by atoms with Crippen molar-refractivity contribution in [2.45, 2.75) is 0 Å². The van der Waals surface area contributed by atoms with E-state index < -0.39 is 0 Å². The third-order valence-electron chi connectivity index (χ3n) is 1.88. The smallest absolute Gasteiger partial charge is 0.238 e. The van der Waals surface area contributed by atoms with Gasteiger partial charge in [-0.2, -0.15) is 0 Å². The Hall–Kier alpha value is -1.59. The van der Waals surface area contributed by atoms with Gasteiger partial charge in [0.25, 0.3) is 0 Å². The molecule has 1 rings (SSSR count). The maximum atomic E-state index is 11.0. The van der Waals surface area contributed by atoms with Gasteiger partial charge < -0.3 is 20.5 Å². The molecule has 88 valence electrons. The molecule has 16 heavy (non-hydrogen) atoms. The Kier molecular flexibility index (Phi) is 5.31. The molecule has 1 aromatic rings. The number of carbonyl (C=O) groups excluding carboxylic acids is 1. The summed E-state index contributed by atoms with van der Waals surface area (Å²) < 4.78 is 10.2. The Morgan fingerprint density at radius 3 is 2.56 bits per heavy atom. The summed E-state index contributed by atoms with van der Waals surface area (Å²) in [6.07, 6.45) is 0. The SMILES string of the molecule is COCCOc1ccc(NC(=O)CN)cc1. The Labute approximate surface area is 94.5 Å². The summed E-state index contributed by atoms with van der Waals surface area (Å²) in [4.78, 5) is 11.0. The lowest BCUT2D eigenvalue weighted by molar-refractivity contribution is -0.114. The minimum atomic E-state index is -0.215. The molecule has 5 nitrogen and oxygen atoms in total. The molecule has 0 saturated carbocycles. The molecular weight excluding hydrogens is 208 g/mol. The van der Waals surface area contributed by atoms with Crippen LogP contribution in [0.4, 0.5) is 5.69 Å². The van der Waals surface area contributed by atoms with Gasteiger partial charge in [0.1, 0.15) is 12.4 Å². The van der Waals surface area contributed by atoms with E-state index in [0.29, 0.717) is 18.9 Å². The maximum absolute atomic E-state index is 11.0. The zero-order valence-electron chi connectivity index (χ0n) is 9.23. The summed E-state index contributed by atoms with van der Waals surface area (Å²) in [5.41, 5.74) is 5.88. The predicted octanol–water partition coefficient (Wildman–Crippen LogP) is 0.609. The average molecular weight is 224 g/mol. The first-order valence-corrected chi connectivity index (χ1v) is 4.98. The van der Waals surface area contributed by atoms with Crippen LogP contribution in [-0.4, -0.2) is 32.8 Å². The van der Waals surface area contributed by atoms with Gasteiger partial charge in [-0.1, -0.05) is 0 Å². The van der Waals surface area contributed by atoms with Crippen molar-refractivity contribution < 1.29 is 14.3 Å². The van der Waals surface area contributed by atoms with Crippen molar-refractivity contribution in [3.05, 3.63) is 24.3 Å². The Morgan fingerprint density at radius 2 is 2.00 bits per heavy atom. The quantitative estimate of drug-likeness (QED) is 0.694. The van der Waals surface area contributed by atoms with E-state index >= 15 is 0 Å². The van der Waals surface area contributed by atoms with Gasteiger partial charge >= 0.3 is 0 Å². The van der Waals surface area contributed by atoms with Crippen LogP contribution in [0.25, 0.3) is 0 Å². The minimum Gasteiger partial charge on any atom is -0.491 e. The molecule has 0 aromatic heterocycles. The zero-order valence-corrected chi connectivity index (χ0v) is 9.23. The number of benzene rings is 1. The summed E-state index contributed by atoms with van der Waals surface area (Å²) in [6, 6.07) is 7.08. The highest BCUT2D eigenvalue weighted by Crippen LogP contribution is 2.15. The molecule has 1 aromatic carbocycles. The highest BCUT2D eigenvalue weighted by molar-refractivity contribution is 5.92. The molecule has 0 bridgehead atoms. The molecule has 1 amide bonds. The van der Waals surface area contributed by atoms with Gasteiger partial charge in [-0.15, -0.1) is 0 Å². The zero-order chi connectivity index (χ0) is 11.8. The third-order valence-corrected chi connectivity index (χ3v) is 1.88. The molecule has 0 aliphatic rings. The summed E-state index contributed by atoms with van der Waals surface area (Å²) in [7, 11) is 1.62. The number of methoxy groups -OCH3 is 1. The number of ether oxygens (including phenoxy) is 2. The molecule has 5 heteroatoms. The van der Waals surface area contributed by atoms with Crippen LogP contribution in [0.15, 0.2) is 24.3 Å². The molecule has 0 aliphatic heterocycles. The maximum Gasteiger partial charge on any atom is 0.238 e. The lowest BCUT2D eigenvalue weighted by Gasteiger charge is -2.07. The second-order valence-electron chi connectivity index (χ2n) is 3.12. The normalized spacial score (nSPS) is 9.88. The first-order chi connectivity index (χ1) is 7.76. The van der Waals surface area contributed by atoms with Crippen LogP contribution < -0.4 is 15.8 Å². The van der Waals surface area contributed by atoms with Crippen LogP contribution in [-0.2, 0) is 9.53 Å². The van der Waals surface area contributed by atoms with E-state index in [1.165, 1.54) is 0 Å². The fraction of sp³-hybridized carbons (Fsp3) is 0.364. The number of carbonyl (C=O) groups is 1. The van der Waals surface area contributed by atoms with E-state index in [1.807, 2.05) is 0 Å². The summed E-state index contributed by atoms with van der Waals surface area (Å²) in [5.74, 6) is 0.524. The first-order valence-electron chi connectivity index (χ1n) is 4.98. The van der Waals surface area contributed by atoms with Crippen LogP contribution in [0.5, 0.6) is 5.75 Å². The van der Waals surface area contributed by atoms with Gasteiger partial charge in [-0.05, 0) is 24.3 Å². The monoisotopic (exact) mass is 224 g/mol. The fourth-order valence-electron chi connectivity index (χ4n) is 1.09. The van der Waals surface area contributed by atoms with Gasteiger partial charge in [-0.3, -0.25) is 4.79 Å². The lowest BCUT2D eigenvalue weighted by atomic mass is 10.3. The second-order valence-corrected chi connectivity index (χ2v) is 3.12. The van der Waals surface area contributed by atoms with Crippen molar-refractivity contribution in [3.8, 4) is 5.75 Å². The van der Waals surface area contributed by atoms with Crippen LogP contribution in [0.3, 0.4) is 0 Å². The van der Waals surface area contributed by atoms with E-state index in [1.54, 1.807) is 31.4 Å². The largest absolute Gasteiger partial charge is 0.491 e. The van der Waals surface area contributed by atoms with Crippen molar-refractivity contribution in [2.24, 2.45) is 5.73 Å². The molecule has 0 aliphatic carbocycles. The molecule has 0 saturated heterocycles. The molecule has 0 unspecified atom stereocenters. The molecule has 3 N–H and O–H groups in total. The number of hydrogen-bond acceptors (Lipinski definition) is 4. The number of nitrogens with one attached hydrogen (secondary N) is 1. The van der Waals surface area contributed by atoms with Crippen LogP contribution >= 0.6 is 0 Å². The van der Waals surface area contributed by atoms with Crippen molar-refractivity contribution in [1.82, 2.24) is 0 Å². The summed E-state index contributed by atoms with van der Waals surface area (Å²) >= 11 is 0. The fourth-order valence-corrected chi connectivity index (χ4v) is 1.09. The van der Waals surface area contributed by atoms with Gasteiger partial charge in [0, 0.05) is 12.8 Å². The van der Waals surface area contributed by atoms with Gasteiger partial charge in [0.15, 0.2) is 0 Å². The highest BCUT2D eigenvalue weighted by Gasteiger charge is 1.99. The molecule has 0 fully saturated rings. The Balaban J connectivity index is 2.44. The van der Waals surface area contributed by atoms with Crippen molar-refractivity contribution >= 4 is 11.6 Å². The van der Waals surface area contributed by atoms with Crippen LogP contribution in [0.2, 0.25) is 0 Å². The van der Waals surface area contributed by atoms with Gasteiger partial charge in [0.05, 0.1) is 13.2 Å². The summed E-state index contributed by atoms with van der Waals surface area (Å²) in [5, 5.41) is 2.64. The van der Waals surface area contributed by atoms with E-state index in [-0.39, 0.29) is 12.5 Å². The minimum absolute atomic E-state index is 0.0217. The van der Waals surface area contributed by atoms with Crippen molar-refractivity contribution in [1.29, 1.82) is 0 Å². The second kappa shape index (κ2) is 6.81. The Bertz CT molecular complexity index is 325. The molecule has 0 spiro atoms. The third kappa shape index (κ3) is 4.29. The van der Waals surface area contributed by atoms with Crippen molar-refractivity contribution in [3.63, 3.8) is 0 Å². The van der Waals surface area contributed by atoms with Gasteiger partial charge in [-0.25, -0.2) is 0 Å². The van der Waals surface area contributed by atoms with Gasteiger partial charge in [0.2, 0.25) is 5.91 Å². The van der Waals surface area contributed by atoms with E-state index in [2.05, 4.69) is 5.32 Å². The first kappa shape index (κ1) is 12.5. The molecule has 0 heterocycles. The van der Waals surface area contributed by atoms with Crippen LogP contribution in [0, 0.1) is 0 Å². The number of rotatable bonds is 6. The van der Waals surface area contributed by atoms with Crippen molar-refractivity contribution in [2.75, 3.05) is 32.2 Å². The molecule has 0 radical (unpaired) electrons. The summed E-state index contributed by atoms with van der Waals surface area (Å²) in [6.45, 7) is 1.03. The molecular formula is C11H16N2O3. The number of anilines is 1. The number of hydrogen-bond donors (Lipinski definition) is 2. The average Bonchev–Trinajstić information content (AvgIpc) is 2.31. The number of amides is 1. The standard InChI is InChI=1S/C11H16N2O3/c1-15-6-7-16-10-4-2-9(3-5-10)13-11(14)8-12/h2-5H,6-8,12H2,1H3,(H,13,14).